The molecule has 1 saturated heterocycles. The fourth-order valence-corrected chi connectivity index (χ4v) is 4.82. The summed E-state index contributed by atoms with van der Waals surface area (Å²) in [7, 11) is 0. The molecule has 36 heavy (non-hydrogen) atoms. The zero-order valence-corrected chi connectivity index (χ0v) is 21.1. The van der Waals surface area contributed by atoms with Gasteiger partial charge in [-0.15, -0.1) is 0 Å². The molecule has 0 aromatic heterocycles. The number of urea groups is 1. The standard InChI is InChI=1S/C28H34N4O4/c1-27(2,3)20-14-12-19(13-15-20)24(34)30-22-10-5-4-9-21(22)29-23(33)11-8-18-32-25(35)28(31-26(32)36)16-6-7-17-28/h4-5,9-10,12-15H,6-8,11,16-18H2,1-3H3,(H,29,33)(H,30,34)(H,31,36). The zero-order chi connectivity index (χ0) is 25.9. The smallest absolute Gasteiger partial charge is 0.324 e. The topological polar surface area (TPSA) is 108 Å². The SMILES string of the molecule is CC(C)(C)c1ccc(C(=O)Nc2ccccc2NC(=O)CCCN2C(=O)NC3(CCCC3)C2=O)cc1. The van der Waals surface area contributed by atoms with Crippen LogP contribution in [0.4, 0.5) is 16.2 Å². The number of para-hydroxylation sites is 2. The monoisotopic (exact) mass is 490 g/mol. The van der Waals surface area contributed by atoms with Crippen LogP contribution in [0.5, 0.6) is 0 Å². The van der Waals surface area contributed by atoms with Crippen molar-refractivity contribution in [2.45, 2.75) is 70.3 Å². The van der Waals surface area contributed by atoms with Crippen LogP contribution in [0.25, 0.3) is 0 Å². The first-order valence-electron chi connectivity index (χ1n) is 12.5. The number of benzene rings is 2. The van der Waals surface area contributed by atoms with Crippen molar-refractivity contribution in [2.24, 2.45) is 0 Å². The molecule has 0 atom stereocenters. The van der Waals surface area contributed by atoms with Crippen LogP contribution >= 0.6 is 0 Å². The van der Waals surface area contributed by atoms with Gasteiger partial charge in [0.1, 0.15) is 5.54 Å². The molecule has 5 amide bonds. The summed E-state index contributed by atoms with van der Waals surface area (Å²) in [6, 6.07) is 14.1. The third-order valence-corrected chi connectivity index (χ3v) is 6.95. The first-order valence-corrected chi connectivity index (χ1v) is 12.5. The molecule has 2 aromatic rings. The third-order valence-electron chi connectivity index (χ3n) is 6.95. The Morgan fingerprint density at radius 1 is 0.944 bits per heavy atom. The molecule has 0 bridgehead atoms. The van der Waals surface area contributed by atoms with Gasteiger partial charge in [0, 0.05) is 18.5 Å². The second kappa shape index (κ2) is 10.1. The molecular weight excluding hydrogens is 456 g/mol. The number of carbonyl (C=O) groups is 4. The lowest BCUT2D eigenvalue weighted by Gasteiger charge is -2.20. The van der Waals surface area contributed by atoms with Gasteiger partial charge in [-0.05, 0) is 54.5 Å². The van der Waals surface area contributed by atoms with Crippen LogP contribution in [-0.2, 0) is 15.0 Å². The zero-order valence-electron chi connectivity index (χ0n) is 21.1. The number of hydrogen-bond donors (Lipinski definition) is 3. The summed E-state index contributed by atoms with van der Waals surface area (Å²) in [4.78, 5) is 51.7. The molecule has 3 N–H and O–H groups in total. The van der Waals surface area contributed by atoms with Gasteiger partial charge >= 0.3 is 6.03 Å². The Kier molecular flexibility index (Phi) is 7.15. The molecule has 1 spiro atoms. The van der Waals surface area contributed by atoms with Crippen molar-refractivity contribution < 1.29 is 19.2 Å². The summed E-state index contributed by atoms with van der Waals surface area (Å²) in [5.74, 6) is -0.695. The van der Waals surface area contributed by atoms with Crippen molar-refractivity contribution in [1.29, 1.82) is 0 Å². The van der Waals surface area contributed by atoms with Crippen molar-refractivity contribution in [1.82, 2.24) is 10.2 Å². The Hall–Kier alpha value is -3.68. The van der Waals surface area contributed by atoms with Crippen molar-refractivity contribution in [3.8, 4) is 0 Å². The van der Waals surface area contributed by atoms with E-state index in [1.807, 2.05) is 12.1 Å². The van der Waals surface area contributed by atoms with Gasteiger partial charge in [0.25, 0.3) is 11.8 Å². The summed E-state index contributed by atoms with van der Waals surface area (Å²) in [6.07, 6.45) is 3.72. The molecule has 1 aliphatic carbocycles. The van der Waals surface area contributed by atoms with Crippen LogP contribution in [0.15, 0.2) is 48.5 Å². The first kappa shape index (κ1) is 25.4. The van der Waals surface area contributed by atoms with E-state index < -0.39 is 5.54 Å². The number of nitrogens with one attached hydrogen (secondary N) is 3. The van der Waals surface area contributed by atoms with Crippen molar-refractivity contribution in [3.63, 3.8) is 0 Å². The number of imide groups is 1. The fourth-order valence-electron chi connectivity index (χ4n) is 4.82. The Balaban J connectivity index is 1.31. The minimum absolute atomic E-state index is 0.00429. The van der Waals surface area contributed by atoms with Gasteiger partial charge in [0.05, 0.1) is 11.4 Å². The van der Waals surface area contributed by atoms with E-state index in [0.29, 0.717) is 36.2 Å². The maximum Gasteiger partial charge on any atom is 0.325 e. The van der Waals surface area contributed by atoms with Gasteiger partial charge < -0.3 is 16.0 Å². The van der Waals surface area contributed by atoms with E-state index in [4.69, 9.17) is 0 Å². The average molecular weight is 491 g/mol. The Bertz CT molecular complexity index is 1160. The second-order valence-corrected chi connectivity index (χ2v) is 10.7. The molecule has 0 radical (unpaired) electrons. The third kappa shape index (κ3) is 5.42. The molecule has 2 aromatic carbocycles. The van der Waals surface area contributed by atoms with E-state index in [1.165, 1.54) is 4.90 Å². The van der Waals surface area contributed by atoms with Crippen molar-refractivity contribution in [3.05, 3.63) is 59.7 Å². The quantitative estimate of drug-likeness (QED) is 0.484. The van der Waals surface area contributed by atoms with Gasteiger partial charge in [0.2, 0.25) is 5.91 Å². The minimum atomic E-state index is -0.733. The normalized spacial score (nSPS) is 16.8. The van der Waals surface area contributed by atoms with Gasteiger partial charge in [-0.25, -0.2) is 4.79 Å². The van der Waals surface area contributed by atoms with Crippen LogP contribution in [0.2, 0.25) is 0 Å². The second-order valence-electron chi connectivity index (χ2n) is 10.7. The molecule has 1 saturated carbocycles. The number of rotatable bonds is 7. The predicted molar refractivity (Wildman–Crippen MR) is 139 cm³/mol. The van der Waals surface area contributed by atoms with Crippen LogP contribution < -0.4 is 16.0 Å². The molecule has 8 heteroatoms. The van der Waals surface area contributed by atoms with Crippen LogP contribution in [-0.4, -0.2) is 40.7 Å². The number of hydrogen-bond acceptors (Lipinski definition) is 4. The fraction of sp³-hybridized carbons (Fsp3) is 0.429. The summed E-state index contributed by atoms with van der Waals surface area (Å²) in [5.41, 5.74) is 1.91. The van der Waals surface area contributed by atoms with E-state index >= 15 is 0 Å². The largest absolute Gasteiger partial charge is 0.325 e. The Labute approximate surface area is 211 Å². The lowest BCUT2D eigenvalue weighted by Crippen LogP contribution is -2.44. The molecule has 0 unspecified atom stereocenters. The summed E-state index contributed by atoms with van der Waals surface area (Å²) < 4.78 is 0. The maximum absolute atomic E-state index is 12.8. The lowest BCUT2D eigenvalue weighted by molar-refractivity contribution is -0.131. The number of carbonyl (C=O) groups excluding carboxylic acids is 4. The first-order chi connectivity index (χ1) is 17.1. The molecule has 1 heterocycles. The minimum Gasteiger partial charge on any atom is -0.324 e. The molecule has 2 aliphatic rings. The summed E-state index contributed by atoms with van der Waals surface area (Å²) in [5, 5.41) is 8.56. The number of amides is 5. The predicted octanol–water partition coefficient (Wildman–Crippen LogP) is 4.82. The highest BCUT2D eigenvalue weighted by Gasteiger charge is 2.52. The molecule has 4 rings (SSSR count). The molecule has 1 aliphatic heterocycles. The highest BCUT2D eigenvalue weighted by molar-refractivity contribution is 6.08. The molecule has 190 valence electrons. The molecule has 8 nitrogen and oxygen atoms in total. The number of anilines is 2. The van der Waals surface area contributed by atoms with Gasteiger partial charge in [-0.3, -0.25) is 19.3 Å². The highest BCUT2D eigenvalue weighted by atomic mass is 16.2. The van der Waals surface area contributed by atoms with E-state index in [0.717, 1.165) is 18.4 Å². The van der Waals surface area contributed by atoms with Crippen molar-refractivity contribution in [2.75, 3.05) is 17.2 Å². The lowest BCUT2D eigenvalue weighted by atomic mass is 9.87. The maximum atomic E-state index is 12.8. The summed E-state index contributed by atoms with van der Waals surface area (Å²) in [6.45, 7) is 6.54. The van der Waals surface area contributed by atoms with Gasteiger partial charge in [-0.2, -0.15) is 0 Å². The number of nitrogens with zero attached hydrogens (tertiary/aromatic N) is 1. The highest BCUT2D eigenvalue weighted by Crippen LogP contribution is 2.35. The van der Waals surface area contributed by atoms with Crippen molar-refractivity contribution >= 4 is 35.1 Å². The molecule has 2 fully saturated rings. The average Bonchev–Trinajstić information content (AvgIpc) is 3.40. The van der Waals surface area contributed by atoms with Crippen LogP contribution in [0, 0.1) is 0 Å². The van der Waals surface area contributed by atoms with E-state index in [1.54, 1.807) is 36.4 Å². The van der Waals surface area contributed by atoms with E-state index in [9.17, 15) is 19.2 Å². The van der Waals surface area contributed by atoms with Gasteiger partial charge in [0.15, 0.2) is 0 Å². The van der Waals surface area contributed by atoms with Crippen LogP contribution in [0.3, 0.4) is 0 Å². The van der Waals surface area contributed by atoms with E-state index in [-0.39, 0.29) is 42.1 Å². The van der Waals surface area contributed by atoms with Crippen LogP contribution in [0.1, 0.15) is 75.2 Å². The van der Waals surface area contributed by atoms with Gasteiger partial charge in [-0.1, -0.05) is 57.9 Å². The van der Waals surface area contributed by atoms with E-state index in [2.05, 4.69) is 36.7 Å². The Morgan fingerprint density at radius 2 is 1.56 bits per heavy atom. The summed E-state index contributed by atoms with van der Waals surface area (Å²) >= 11 is 0. The Morgan fingerprint density at radius 3 is 2.17 bits per heavy atom. The molecular formula is C28H34N4O4.